The van der Waals surface area contributed by atoms with Crippen molar-refractivity contribution in [2.75, 3.05) is 0 Å². The molecule has 1 aromatic heterocycles. The molecule has 0 aliphatic carbocycles. The number of hydrogen-bond donors (Lipinski definition) is 3. The molecule has 0 atom stereocenters. The van der Waals surface area contributed by atoms with E-state index in [2.05, 4.69) is 17.6 Å². The van der Waals surface area contributed by atoms with E-state index in [1.54, 1.807) is 0 Å². The van der Waals surface area contributed by atoms with Crippen LogP contribution in [-0.4, -0.2) is 15.2 Å². The minimum absolute atomic E-state index is 0.0347. The quantitative estimate of drug-likeness (QED) is 0.470. The maximum atomic E-state index is 8.75. The molecule has 9 heavy (non-hydrogen) atoms. The van der Waals surface area contributed by atoms with Gasteiger partial charge >= 0.3 is 0 Å². The molecule has 0 saturated heterocycles. The molecule has 1 rings (SSSR count). The minimum Gasteiger partial charge on any atom is -0.508 e. The zero-order valence-corrected chi connectivity index (χ0v) is 5.34. The van der Waals surface area contributed by atoms with Crippen molar-refractivity contribution >= 4 is 12.6 Å². The first kappa shape index (κ1) is 6.22. The average Bonchev–Trinajstić information content (AvgIpc) is 1.59. The number of hydrogen-bond acceptors (Lipinski definition) is 4. The molecular formula is C5H5NO2S. The summed E-state index contributed by atoms with van der Waals surface area (Å²) in [6, 6.07) is 2.47. The number of pyridine rings is 1. The van der Waals surface area contributed by atoms with Crippen molar-refractivity contribution in [2.24, 2.45) is 0 Å². The minimum atomic E-state index is -0.222. The van der Waals surface area contributed by atoms with E-state index in [-0.39, 0.29) is 11.6 Å². The summed E-state index contributed by atoms with van der Waals surface area (Å²) in [6.45, 7) is 0. The lowest BCUT2D eigenvalue weighted by atomic mass is 10.4. The largest absolute Gasteiger partial charge is 0.508 e. The van der Waals surface area contributed by atoms with Crippen molar-refractivity contribution in [3.63, 3.8) is 0 Å². The van der Waals surface area contributed by atoms with Gasteiger partial charge in [0, 0.05) is 12.1 Å². The normalized spacial score (nSPS) is 9.44. The highest BCUT2D eigenvalue weighted by atomic mass is 32.1. The molecule has 0 spiro atoms. The van der Waals surface area contributed by atoms with Gasteiger partial charge in [0.2, 0.25) is 5.88 Å². The lowest BCUT2D eigenvalue weighted by molar-refractivity contribution is 0.429. The Labute approximate surface area is 57.4 Å². The summed E-state index contributed by atoms with van der Waals surface area (Å²) in [4.78, 5) is 3.49. The number of aromatic nitrogens is 1. The van der Waals surface area contributed by atoms with E-state index in [9.17, 15) is 0 Å². The van der Waals surface area contributed by atoms with Gasteiger partial charge in [0.05, 0.1) is 0 Å². The van der Waals surface area contributed by atoms with E-state index in [0.717, 1.165) is 6.07 Å². The molecule has 0 bridgehead atoms. The summed E-state index contributed by atoms with van der Waals surface area (Å²) >= 11 is 3.79. The Bertz CT molecular complexity index is 176. The van der Waals surface area contributed by atoms with Crippen molar-refractivity contribution in [3.05, 3.63) is 12.1 Å². The fraction of sp³-hybridized carbons (Fsp3) is 0. The maximum absolute atomic E-state index is 8.75. The van der Waals surface area contributed by atoms with Crippen LogP contribution in [0.1, 0.15) is 0 Å². The molecule has 0 radical (unpaired) electrons. The van der Waals surface area contributed by atoms with Gasteiger partial charge in [0.25, 0.3) is 0 Å². The molecule has 0 aromatic carbocycles. The van der Waals surface area contributed by atoms with Gasteiger partial charge in [0.1, 0.15) is 10.8 Å². The zero-order chi connectivity index (χ0) is 6.85. The van der Waals surface area contributed by atoms with Crippen LogP contribution in [0.4, 0.5) is 0 Å². The molecule has 0 aliphatic rings. The van der Waals surface area contributed by atoms with Crippen molar-refractivity contribution < 1.29 is 10.2 Å². The third kappa shape index (κ3) is 1.50. The van der Waals surface area contributed by atoms with E-state index in [0.29, 0.717) is 5.03 Å². The highest BCUT2D eigenvalue weighted by Gasteiger charge is 1.94. The van der Waals surface area contributed by atoms with Crippen molar-refractivity contribution in [1.29, 1.82) is 0 Å². The van der Waals surface area contributed by atoms with Gasteiger partial charge in [-0.25, -0.2) is 4.98 Å². The second-order valence-corrected chi connectivity index (χ2v) is 2.00. The highest BCUT2D eigenvalue weighted by Crippen LogP contribution is 2.17. The van der Waals surface area contributed by atoms with Gasteiger partial charge in [-0.15, -0.1) is 12.6 Å². The summed E-state index contributed by atoms with van der Waals surface area (Å²) in [6.07, 6.45) is 0. The lowest BCUT2D eigenvalue weighted by Gasteiger charge is -1.93. The Morgan fingerprint density at radius 1 is 1.33 bits per heavy atom. The van der Waals surface area contributed by atoms with Gasteiger partial charge in [-0.05, 0) is 0 Å². The Morgan fingerprint density at radius 3 is 2.44 bits per heavy atom. The van der Waals surface area contributed by atoms with Crippen LogP contribution >= 0.6 is 12.6 Å². The molecule has 0 aliphatic heterocycles. The number of nitrogens with zero attached hydrogens (tertiary/aromatic N) is 1. The van der Waals surface area contributed by atoms with E-state index >= 15 is 0 Å². The van der Waals surface area contributed by atoms with Crippen LogP contribution in [0.15, 0.2) is 17.2 Å². The van der Waals surface area contributed by atoms with Crippen LogP contribution in [-0.2, 0) is 0 Å². The van der Waals surface area contributed by atoms with Crippen molar-refractivity contribution in [3.8, 4) is 11.6 Å². The number of rotatable bonds is 0. The van der Waals surface area contributed by atoms with Crippen LogP contribution in [0.25, 0.3) is 0 Å². The maximum Gasteiger partial charge on any atom is 0.215 e. The molecule has 0 saturated carbocycles. The third-order valence-corrected chi connectivity index (χ3v) is 1.01. The van der Waals surface area contributed by atoms with Crippen LogP contribution < -0.4 is 0 Å². The van der Waals surface area contributed by atoms with Crippen LogP contribution in [0.5, 0.6) is 11.6 Å². The first-order valence-corrected chi connectivity index (χ1v) is 2.72. The molecule has 1 heterocycles. The number of thiol groups is 1. The van der Waals surface area contributed by atoms with Gasteiger partial charge in [-0.2, -0.15) is 0 Å². The Morgan fingerprint density at radius 2 is 2.00 bits per heavy atom. The first-order chi connectivity index (χ1) is 4.18. The fourth-order valence-electron chi connectivity index (χ4n) is 0.488. The molecule has 0 fully saturated rings. The average molecular weight is 143 g/mol. The molecule has 4 heteroatoms. The fourth-order valence-corrected chi connectivity index (χ4v) is 0.723. The van der Waals surface area contributed by atoms with E-state index in [4.69, 9.17) is 10.2 Å². The Kier molecular flexibility index (Phi) is 1.48. The monoisotopic (exact) mass is 143 g/mol. The van der Waals surface area contributed by atoms with Crippen LogP contribution in [0.3, 0.4) is 0 Å². The second kappa shape index (κ2) is 2.14. The lowest BCUT2D eigenvalue weighted by Crippen LogP contribution is -1.74. The van der Waals surface area contributed by atoms with Gasteiger partial charge in [-0.3, -0.25) is 0 Å². The van der Waals surface area contributed by atoms with E-state index in [1.165, 1.54) is 6.07 Å². The predicted molar refractivity (Wildman–Crippen MR) is 34.8 cm³/mol. The van der Waals surface area contributed by atoms with Gasteiger partial charge in [0.15, 0.2) is 0 Å². The number of aromatic hydroxyl groups is 2. The smallest absolute Gasteiger partial charge is 0.215 e. The van der Waals surface area contributed by atoms with Gasteiger partial charge < -0.3 is 10.2 Å². The molecule has 2 N–H and O–H groups in total. The molecule has 3 nitrogen and oxygen atoms in total. The highest BCUT2D eigenvalue weighted by molar-refractivity contribution is 7.80. The summed E-state index contributed by atoms with van der Waals surface area (Å²) in [7, 11) is 0. The van der Waals surface area contributed by atoms with Crippen molar-refractivity contribution in [1.82, 2.24) is 4.98 Å². The Hall–Kier alpha value is -0.900. The molecule has 0 amide bonds. The molecule has 1 aromatic rings. The zero-order valence-electron chi connectivity index (χ0n) is 4.44. The molecule has 48 valence electrons. The predicted octanol–water partition coefficient (Wildman–Crippen LogP) is 0.781. The standard InChI is InChI=1S/C5H5NO2S/c7-3-1-4(8)6-5(9)2-3/h1-2H,(H3,6,7,8,9). The Balaban J connectivity index is 3.17. The van der Waals surface area contributed by atoms with Crippen LogP contribution in [0, 0.1) is 0 Å². The molecule has 0 unspecified atom stereocenters. The summed E-state index contributed by atoms with van der Waals surface area (Å²) in [5, 5.41) is 17.7. The first-order valence-electron chi connectivity index (χ1n) is 2.27. The van der Waals surface area contributed by atoms with Gasteiger partial charge in [-0.1, -0.05) is 0 Å². The van der Waals surface area contributed by atoms with E-state index < -0.39 is 0 Å². The molecular weight excluding hydrogens is 138 g/mol. The van der Waals surface area contributed by atoms with Crippen LogP contribution in [0.2, 0.25) is 0 Å². The SMILES string of the molecule is Oc1cc(O)nc(S)c1. The van der Waals surface area contributed by atoms with E-state index in [1.807, 2.05) is 0 Å². The topological polar surface area (TPSA) is 53.4 Å². The third-order valence-electron chi connectivity index (χ3n) is 0.783. The van der Waals surface area contributed by atoms with Crippen molar-refractivity contribution in [2.45, 2.75) is 5.03 Å². The summed E-state index contributed by atoms with van der Waals surface area (Å²) < 4.78 is 0. The summed E-state index contributed by atoms with van der Waals surface area (Å²) in [5.74, 6) is -0.257. The summed E-state index contributed by atoms with van der Waals surface area (Å²) in [5.41, 5.74) is 0. The second-order valence-electron chi connectivity index (χ2n) is 1.54.